The van der Waals surface area contributed by atoms with E-state index in [0.29, 0.717) is 11.5 Å². The fourth-order valence-electron chi connectivity index (χ4n) is 2.38. The molecule has 1 saturated carbocycles. The largest absolute Gasteiger partial charge is 0.480 e. The lowest BCUT2D eigenvalue weighted by molar-refractivity contribution is -0.138. The zero-order valence-corrected chi connectivity index (χ0v) is 9.42. The monoisotopic (exact) mass is 199 g/mol. The summed E-state index contributed by atoms with van der Waals surface area (Å²) in [6.07, 6.45) is 4.76. The van der Waals surface area contributed by atoms with Gasteiger partial charge in [-0.15, -0.1) is 0 Å². The average molecular weight is 199 g/mol. The van der Waals surface area contributed by atoms with Crippen LogP contribution in [-0.2, 0) is 4.79 Å². The van der Waals surface area contributed by atoms with E-state index in [0.717, 1.165) is 12.8 Å². The van der Waals surface area contributed by atoms with Crippen LogP contribution in [0.15, 0.2) is 0 Å². The fourth-order valence-corrected chi connectivity index (χ4v) is 2.38. The molecule has 3 heteroatoms. The number of hydrogen-bond acceptors (Lipinski definition) is 2. The van der Waals surface area contributed by atoms with Crippen LogP contribution in [0.3, 0.4) is 0 Å². The van der Waals surface area contributed by atoms with Crippen molar-refractivity contribution in [2.75, 3.05) is 13.6 Å². The summed E-state index contributed by atoms with van der Waals surface area (Å²) in [5.41, 5.74) is 0.385. The molecule has 0 radical (unpaired) electrons. The van der Waals surface area contributed by atoms with Crippen molar-refractivity contribution in [2.24, 2.45) is 5.41 Å². The molecule has 3 nitrogen and oxygen atoms in total. The second-order valence-corrected chi connectivity index (χ2v) is 5.22. The topological polar surface area (TPSA) is 40.5 Å². The van der Waals surface area contributed by atoms with Crippen molar-refractivity contribution in [3.8, 4) is 0 Å². The van der Waals surface area contributed by atoms with E-state index in [9.17, 15) is 4.79 Å². The first kappa shape index (κ1) is 11.5. The summed E-state index contributed by atoms with van der Waals surface area (Å²) >= 11 is 0. The van der Waals surface area contributed by atoms with Crippen molar-refractivity contribution in [3.05, 3.63) is 0 Å². The van der Waals surface area contributed by atoms with Crippen LogP contribution < -0.4 is 0 Å². The molecule has 1 fully saturated rings. The van der Waals surface area contributed by atoms with Crippen LogP contribution in [0.25, 0.3) is 0 Å². The number of likely N-dealkylation sites (N-methyl/N-ethyl adjacent to an activating group) is 1. The van der Waals surface area contributed by atoms with Gasteiger partial charge in [-0.2, -0.15) is 0 Å². The minimum absolute atomic E-state index is 0.167. The van der Waals surface area contributed by atoms with Crippen molar-refractivity contribution < 1.29 is 9.90 Å². The van der Waals surface area contributed by atoms with Crippen LogP contribution in [-0.4, -0.2) is 35.6 Å². The van der Waals surface area contributed by atoms with E-state index in [1.807, 2.05) is 11.9 Å². The Balaban J connectivity index is 2.47. The maximum Gasteiger partial charge on any atom is 0.317 e. The quantitative estimate of drug-likeness (QED) is 0.755. The molecule has 14 heavy (non-hydrogen) atoms. The first-order chi connectivity index (χ1) is 6.41. The Morgan fingerprint density at radius 3 is 2.71 bits per heavy atom. The summed E-state index contributed by atoms with van der Waals surface area (Å²) in [5.74, 6) is -0.726. The van der Waals surface area contributed by atoms with Gasteiger partial charge in [-0.05, 0) is 31.7 Å². The molecule has 1 aliphatic rings. The zero-order chi connectivity index (χ0) is 10.8. The number of hydrogen-bond donors (Lipinski definition) is 1. The van der Waals surface area contributed by atoms with Crippen molar-refractivity contribution in [1.82, 2.24) is 4.90 Å². The summed E-state index contributed by atoms with van der Waals surface area (Å²) in [7, 11) is 1.92. The van der Waals surface area contributed by atoms with Crippen LogP contribution in [0.4, 0.5) is 0 Å². The van der Waals surface area contributed by atoms with E-state index in [-0.39, 0.29) is 6.54 Å². The highest BCUT2D eigenvalue weighted by molar-refractivity contribution is 5.69. The van der Waals surface area contributed by atoms with Gasteiger partial charge in [-0.1, -0.05) is 20.3 Å². The van der Waals surface area contributed by atoms with Crippen LogP contribution in [0.5, 0.6) is 0 Å². The Morgan fingerprint density at radius 1 is 1.57 bits per heavy atom. The third-order valence-corrected chi connectivity index (χ3v) is 3.19. The molecule has 0 aromatic carbocycles. The molecule has 1 unspecified atom stereocenters. The molecular weight excluding hydrogens is 178 g/mol. The van der Waals surface area contributed by atoms with Crippen LogP contribution in [0.1, 0.15) is 39.5 Å². The van der Waals surface area contributed by atoms with Crippen LogP contribution in [0, 0.1) is 5.41 Å². The molecule has 0 aromatic heterocycles. The maximum atomic E-state index is 10.6. The SMILES string of the molecule is CN(CC(=O)O)C1CCCC(C)(C)C1. The minimum atomic E-state index is -0.726. The second kappa shape index (κ2) is 4.30. The highest BCUT2D eigenvalue weighted by Gasteiger charge is 2.30. The Hall–Kier alpha value is -0.570. The maximum absolute atomic E-state index is 10.6. The molecule has 0 aliphatic heterocycles. The van der Waals surface area contributed by atoms with E-state index < -0.39 is 5.97 Å². The number of carbonyl (C=O) groups is 1. The molecular formula is C11H21NO2. The molecule has 0 spiro atoms. The average Bonchev–Trinajstić information content (AvgIpc) is 2.01. The number of carboxylic acids is 1. The number of rotatable bonds is 3. The standard InChI is InChI=1S/C11H21NO2/c1-11(2)6-4-5-9(7-11)12(3)8-10(13)14/h9H,4-8H2,1-3H3,(H,13,14). The van der Waals surface area contributed by atoms with E-state index >= 15 is 0 Å². The molecule has 0 saturated heterocycles. The van der Waals surface area contributed by atoms with Gasteiger partial charge in [0.05, 0.1) is 6.54 Å². The third kappa shape index (κ3) is 3.29. The summed E-state index contributed by atoms with van der Waals surface area (Å²) < 4.78 is 0. The zero-order valence-electron chi connectivity index (χ0n) is 9.42. The van der Waals surface area contributed by atoms with Gasteiger partial charge in [0.1, 0.15) is 0 Å². The number of nitrogens with zero attached hydrogens (tertiary/aromatic N) is 1. The number of aliphatic carboxylic acids is 1. The highest BCUT2D eigenvalue weighted by atomic mass is 16.4. The first-order valence-electron chi connectivity index (χ1n) is 5.33. The van der Waals surface area contributed by atoms with E-state index in [2.05, 4.69) is 13.8 Å². The van der Waals surface area contributed by atoms with E-state index in [4.69, 9.17) is 5.11 Å². The molecule has 0 bridgehead atoms. The normalized spacial score (nSPS) is 26.4. The summed E-state index contributed by atoms with van der Waals surface area (Å²) in [6.45, 7) is 4.71. The molecule has 82 valence electrons. The van der Waals surface area contributed by atoms with E-state index in [1.54, 1.807) is 0 Å². The van der Waals surface area contributed by atoms with Crippen LogP contribution >= 0.6 is 0 Å². The van der Waals surface area contributed by atoms with Crippen LogP contribution in [0.2, 0.25) is 0 Å². The van der Waals surface area contributed by atoms with Gasteiger partial charge < -0.3 is 5.11 Å². The van der Waals surface area contributed by atoms with Gasteiger partial charge in [0.25, 0.3) is 0 Å². The highest BCUT2D eigenvalue weighted by Crippen LogP contribution is 2.36. The lowest BCUT2D eigenvalue weighted by Crippen LogP contribution is -2.41. The molecule has 0 heterocycles. The molecule has 1 aliphatic carbocycles. The third-order valence-electron chi connectivity index (χ3n) is 3.19. The lowest BCUT2D eigenvalue weighted by atomic mass is 9.75. The molecule has 0 aromatic rings. The predicted octanol–water partition coefficient (Wildman–Crippen LogP) is 1.97. The van der Waals surface area contributed by atoms with Crippen molar-refractivity contribution >= 4 is 5.97 Å². The lowest BCUT2D eigenvalue weighted by Gasteiger charge is -2.39. The van der Waals surface area contributed by atoms with Crippen molar-refractivity contribution in [1.29, 1.82) is 0 Å². The van der Waals surface area contributed by atoms with Gasteiger partial charge in [0, 0.05) is 6.04 Å². The van der Waals surface area contributed by atoms with Crippen molar-refractivity contribution in [3.63, 3.8) is 0 Å². The number of carboxylic acid groups (broad SMARTS) is 1. The smallest absolute Gasteiger partial charge is 0.317 e. The van der Waals surface area contributed by atoms with Gasteiger partial charge >= 0.3 is 5.97 Å². The Kier molecular flexibility index (Phi) is 3.53. The first-order valence-corrected chi connectivity index (χ1v) is 5.33. The Labute approximate surface area is 86.1 Å². The Morgan fingerprint density at radius 2 is 2.21 bits per heavy atom. The van der Waals surface area contributed by atoms with E-state index in [1.165, 1.54) is 12.8 Å². The molecule has 1 atom stereocenters. The summed E-state index contributed by atoms with van der Waals surface area (Å²) in [5, 5.41) is 8.70. The van der Waals surface area contributed by atoms with Gasteiger partial charge in [0.2, 0.25) is 0 Å². The minimum Gasteiger partial charge on any atom is -0.480 e. The predicted molar refractivity (Wildman–Crippen MR) is 56.3 cm³/mol. The van der Waals surface area contributed by atoms with Crippen molar-refractivity contribution in [2.45, 2.75) is 45.6 Å². The van der Waals surface area contributed by atoms with Gasteiger partial charge in [-0.3, -0.25) is 9.69 Å². The molecule has 1 rings (SSSR count). The van der Waals surface area contributed by atoms with Gasteiger partial charge in [0.15, 0.2) is 0 Å². The fraction of sp³-hybridized carbons (Fsp3) is 0.909. The Bertz CT molecular complexity index is 213. The summed E-state index contributed by atoms with van der Waals surface area (Å²) in [4.78, 5) is 12.5. The molecule has 1 N–H and O–H groups in total. The summed E-state index contributed by atoms with van der Waals surface area (Å²) in [6, 6.07) is 0.454. The second-order valence-electron chi connectivity index (χ2n) is 5.22. The van der Waals surface area contributed by atoms with Gasteiger partial charge in [-0.25, -0.2) is 0 Å². The molecule has 0 amide bonds.